The molecule has 0 fully saturated rings. The second-order valence-electron chi connectivity index (χ2n) is 6.46. The number of nitrogens with one attached hydrogen (secondary N) is 1. The number of anilines is 1. The van der Waals surface area contributed by atoms with Crippen molar-refractivity contribution >= 4 is 11.6 Å². The highest BCUT2D eigenvalue weighted by Crippen LogP contribution is 2.40. The third-order valence-electron chi connectivity index (χ3n) is 4.61. The number of carbonyl (C=O) groups is 1. The third kappa shape index (κ3) is 4.32. The minimum Gasteiger partial charge on any atom is -0.493 e. The molecule has 1 heterocycles. The molecular formula is C22H24N2O6. The van der Waals surface area contributed by atoms with Crippen LogP contribution in [-0.2, 0) is 6.61 Å². The van der Waals surface area contributed by atoms with E-state index in [9.17, 15) is 4.79 Å². The lowest BCUT2D eigenvalue weighted by Gasteiger charge is -2.15. The summed E-state index contributed by atoms with van der Waals surface area (Å²) >= 11 is 0. The van der Waals surface area contributed by atoms with E-state index in [2.05, 4.69) is 10.5 Å². The Bertz CT molecular complexity index is 999. The van der Waals surface area contributed by atoms with E-state index in [1.54, 1.807) is 36.4 Å². The van der Waals surface area contributed by atoms with Crippen molar-refractivity contribution in [1.29, 1.82) is 0 Å². The lowest BCUT2D eigenvalue weighted by molar-refractivity contribution is 0.102. The molecule has 0 atom stereocenters. The van der Waals surface area contributed by atoms with Crippen molar-refractivity contribution in [2.24, 2.45) is 0 Å². The zero-order valence-electron chi connectivity index (χ0n) is 17.6. The van der Waals surface area contributed by atoms with Crippen LogP contribution in [0, 0.1) is 13.8 Å². The smallest absolute Gasteiger partial charge is 0.259 e. The van der Waals surface area contributed by atoms with Crippen molar-refractivity contribution in [1.82, 2.24) is 5.16 Å². The first kappa shape index (κ1) is 21.0. The Hall–Kier alpha value is -3.68. The molecule has 8 heteroatoms. The second-order valence-corrected chi connectivity index (χ2v) is 6.46. The number of aryl methyl sites for hydroxylation is 2. The molecule has 0 unspecified atom stereocenters. The van der Waals surface area contributed by atoms with Gasteiger partial charge in [0.15, 0.2) is 11.5 Å². The molecule has 3 rings (SSSR count). The Kier molecular flexibility index (Phi) is 6.46. The molecule has 0 saturated heterocycles. The molecule has 1 amide bonds. The minimum atomic E-state index is -0.335. The van der Waals surface area contributed by atoms with Gasteiger partial charge in [0.2, 0.25) is 5.75 Å². The van der Waals surface area contributed by atoms with Crippen molar-refractivity contribution in [3.8, 4) is 23.0 Å². The first-order valence-electron chi connectivity index (χ1n) is 9.23. The van der Waals surface area contributed by atoms with E-state index in [0.717, 1.165) is 11.3 Å². The molecule has 30 heavy (non-hydrogen) atoms. The van der Waals surface area contributed by atoms with Gasteiger partial charge in [0, 0.05) is 17.8 Å². The van der Waals surface area contributed by atoms with E-state index in [-0.39, 0.29) is 12.5 Å². The van der Waals surface area contributed by atoms with Crippen molar-refractivity contribution in [2.75, 3.05) is 26.6 Å². The van der Waals surface area contributed by atoms with Crippen LogP contribution in [-0.4, -0.2) is 32.4 Å². The summed E-state index contributed by atoms with van der Waals surface area (Å²) in [5, 5.41) is 6.77. The summed E-state index contributed by atoms with van der Waals surface area (Å²) in [7, 11) is 4.55. The van der Waals surface area contributed by atoms with Gasteiger partial charge in [-0.25, -0.2) is 0 Å². The molecule has 0 radical (unpaired) electrons. The zero-order valence-corrected chi connectivity index (χ0v) is 17.6. The van der Waals surface area contributed by atoms with Gasteiger partial charge in [0.05, 0.1) is 38.2 Å². The molecule has 2 aromatic carbocycles. The number of aromatic nitrogens is 1. The molecule has 0 aliphatic carbocycles. The zero-order chi connectivity index (χ0) is 21.7. The Morgan fingerprint density at radius 2 is 1.67 bits per heavy atom. The number of ether oxygens (including phenoxy) is 4. The van der Waals surface area contributed by atoms with E-state index in [1.807, 2.05) is 13.8 Å². The monoisotopic (exact) mass is 412 g/mol. The van der Waals surface area contributed by atoms with Crippen LogP contribution < -0.4 is 24.3 Å². The normalized spacial score (nSPS) is 10.4. The number of hydrogen-bond acceptors (Lipinski definition) is 7. The van der Waals surface area contributed by atoms with Crippen LogP contribution in [0.15, 0.2) is 40.9 Å². The van der Waals surface area contributed by atoms with Crippen molar-refractivity contribution < 1.29 is 28.3 Å². The maximum absolute atomic E-state index is 12.9. The molecule has 3 aromatic rings. The van der Waals surface area contributed by atoms with Gasteiger partial charge in [-0.1, -0.05) is 17.3 Å². The van der Waals surface area contributed by atoms with Gasteiger partial charge in [-0.3, -0.25) is 4.79 Å². The molecule has 0 bridgehead atoms. The fourth-order valence-electron chi connectivity index (χ4n) is 2.99. The van der Waals surface area contributed by atoms with Gasteiger partial charge >= 0.3 is 0 Å². The maximum Gasteiger partial charge on any atom is 0.259 e. The molecule has 0 aliphatic rings. The molecule has 0 aliphatic heterocycles. The summed E-state index contributed by atoms with van der Waals surface area (Å²) < 4.78 is 27.0. The number of nitrogens with zero attached hydrogens (tertiary/aromatic N) is 1. The van der Waals surface area contributed by atoms with Crippen molar-refractivity contribution in [3.05, 3.63) is 59.0 Å². The second kappa shape index (κ2) is 9.21. The standard InChI is InChI=1S/C22H24N2O6/c1-13-17(14(2)30-24-13)12-29-18-9-7-6-8-16(18)22(25)23-15-10-19(26-3)21(28-5)20(11-15)27-4/h6-11H,12H2,1-5H3,(H,23,25). The largest absolute Gasteiger partial charge is 0.493 e. The first-order chi connectivity index (χ1) is 14.5. The predicted octanol–water partition coefficient (Wildman–Crippen LogP) is 4.15. The summed E-state index contributed by atoms with van der Waals surface area (Å²) in [6.07, 6.45) is 0. The van der Waals surface area contributed by atoms with Crippen LogP contribution in [0.1, 0.15) is 27.4 Å². The number of hydrogen-bond donors (Lipinski definition) is 1. The van der Waals surface area contributed by atoms with Crippen LogP contribution in [0.25, 0.3) is 0 Å². The highest BCUT2D eigenvalue weighted by molar-refractivity contribution is 6.06. The van der Waals surface area contributed by atoms with Crippen molar-refractivity contribution in [3.63, 3.8) is 0 Å². The average molecular weight is 412 g/mol. The van der Waals surface area contributed by atoms with E-state index in [4.69, 9.17) is 23.5 Å². The molecule has 0 spiro atoms. The van der Waals surface area contributed by atoms with Crippen LogP contribution in [0.3, 0.4) is 0 Å². The van der Waals surface area contributed by atoms with Gasteiger partial charge < -0.3 is 28.8 Å². The predicted molar refractivity (Wildman–Crippen MR) is 111 cm³/mol. The van der Waals surface area contributed by atoms with Gasteiger partial charge in [-0.15, -0.1) is 0 Å². The van der Waals surface area contributed by atoms with Crippen LogP contribution in [0.2, 0.25) is 0 Å². The molecule has 0 saturated carbocycles. The summed E-state index contributed by atoms with van der Waals surface area (Å²) in [4.78, 5) is 12.9. The molecular weight excluding hydrogens is 388 g/mol. The third-order valence-corrected chi connectivity index (χ3v) is 4.61. The highest BCUT2D eigenvalue weighted by Gasteiger charge is 2.18. The molecule has 1 aromatic heterocycles. The van der Waals surface area contributed by atoms with E-state index < -0.39 is 0 Å². The summed E-state index contributed by atoms with van der Waals surface area (Å²) in [6, 6.07) is 10.3. The summed E-state index contributed by atoms with van der Waals surface area (Å²) in [5.41, 5.74) is 2.50. The minimum absolute atomic E-state index is 0.246. The number of methoxy groups -OCH3 is 3. The quantitative estimate of drug-likeness (QED) is 0.594. The Morgan fingerprint density at radius 3 is 2.23 bits per heavy atom. The molecule has 8 nitrogen and oxygen atoms in total. The lowest BCUT2D eigenvalue weighted by Crippen LogP contribution is -2.14. The van der Waals surface area contributed by atoms with Gasteiger partial charge in [0.25, 0.3) is 5.91 Å². The number of benzene rings is 2. The fourth-order valence-corrected chi connectivity index (χ4v) is 2.99. The number of amides is 1. The van der Waals surface area contributed by atoms with E-state index >= 15 is 0 Å². The average Bonchev–Trinajstić information content (AvgIpc) is 3.08. The molecule has 1 N–H and O–H groups in total. The number of para-hydroxylation sites is 1. The maximum atomic E-state index is 12.9. The SMILES string of the molecule is COc1cc(NC(=O)c2ccccc2OCc2c(C)noc2C)cc(OC)c1OC. The summed E-state index contributed by atoms with van der Waals surface area (Å²) in [5.74, 6) is 2.12. The molecule has 158 valence electrons. The van der Waals surface area contributed by atoms with Crippen LogP contribution in [0.5, 0.6) is 23.0 Å². The van der Waals surface area contributed by atoms with E-state index in [0.29, 0.717) is 40.0 Å². The van der Waals surface area contributed by atoms with Gasteiger partial charge in [0.1, 0.15) is 18.1 Å². The Balaban J connectivity index is 1.83. The van der Waals surface area contributed by atoms with Crippen molar-refractivity contribution in [2.45, 2.75) is 20.5 Å². The topological polar surface area (TPSA) is 92.1 Å². The number of carbonyl (C=O) groups excluding carboxylic acids is 1. The van der Waals surface area contributed by atoms with E-state index in [1.165, 1.54) is 21.3 Å². The Labute approximate surface area is 174 Å². The summed E-state index contributed by atoms with van der Waals surface area (Å²) in [6.45, 7) is 3.91. The highest BCUT2D eigenvalue weighted by atomic mass is 16.5. The Morgan fingerprint density at radius 1 is 1.00 bits per heavy atom. The van der Waals surface area contributed by atoms with Gasteiger partial charge in [-0.2, -0.15) is 0 Å². The first-order valence-corrected chi connectivity index (χ1v) is 9.23. The fraction of sp³-hybridized carbons (Fsp3) is 0.273. The van der Waals surface area contributed by atoms with Crippen LogP contribution >= 0.6 is 0 Å². The van der Waals surface area contributed by atoms with Crippen LogP contribution in [0.4, 0.5) is 5.69 Å². The lowest BCUT2D eigenvalue weighted by atomic mass is 10.1. The van der Waals surface area contributed by atoms with Gasteiger partial charge in [-0.05, 0) is 26.0 Å². The number of rotatable bonds is 8.